The van der Waals surface area contributed by atoms with Gasteiger partial charge in [-0.2, -0.15) is 0 Å². The fraction of sp³-hybridized carbons (Fsp3) is 0.0204. The van der Waals surface area contributed by atoms with Crippen LogP contribution in [0.15, 0.2) is 182 Å². The summed E-state index contributed by atoms with van der Waals surface area (Å²) in [6.07, 6.45) is 1.86. The zero-order valence-corrected chi connectivity index (χ0v) is 29.0. The van der Waals surface area contributed by atoms with Gasteiger partial charge < -0.3 is 4.74 Å². The maximum atomic E-state index is 6.67. The van der Waals surface area contributed by atoms with Crippen molar-refractivity contribution in [3.8, 4) is 67.9 Å². The number of pyridine rings is 1. The molecule has 252 valence electrons. The van der Waals surface area contributed by atoms with Crippen molar-refractivity contribution in [2.24, 2.45) is 0 Å². The molecule has 0 saturated heterocycles. The number of fused-ring (bicyclic) bond motifs is 10. The second-order valence-electron chi connectivity index (χ2n) is 13.7. The van der Waals surface area contributed by atoms with E-state index in [-0.39, 0.29) is 0 Å². The molecule has 0 saturated carbocycles. The maximum Gasteiger partial charge on any atom is 0.164 e. The number of benzene rings is 7. The smallest absolute Gasteiger partial charge is 0.164 e. The molecule has 54 heavy (non-hydrogen) atoms. The summed E-state index contributed by atoms with van der Waals surface area (Å²) in [6, 6.07) is 61.1. The molecule has 11 rings (SSSR count). The molecule has 0 atom stereocenters. The monoisotopic (exact) mass is 690 g/mol. The number of aromatic nitrogens is 4. The standard InChI is InChI=1S/C49H30N4O/c1-3-15-31(16-4-1)46-51-47(32-17-5-2-6-18-32)53-48(52-46)36-21-12-26-40-45(36)44-35(33-19-13-27-41-34(33)22-14-30-50-41)20-11-25-39(44)49(40)37-23-7-9-28-42(37)54-43-29-10-8-24-38(43)49/h1-30H. The first-order chi connectivity index (χ1) is 26.8. The highest BCUT2D eigenvalue weighted by Crippen LogP contribution is 2.64. The normalized spacial score (nSPS) is 13.1. The SMILES string of the molecule is c1ccc(-c2nc(-c3ccccc3)nc(-c3cccc4c3-c3c(-c5cccc6ncccc56)cccc3C43c4ccccc4Oc4ccccc43)n2)cc1. The molecular formula is C49H30N4O. The van der Waals surface area contributed by atoms with E-state index in [1.807, 2.05) is 60.8 Å². The van der Waals surface area contributed by atoms with Gasteiger partial charge in [0, 0.05) is 39.4 Å². The molecule has 5 nitrogen and oxygen atoms in total. The van der Waals surface area contributed by atoms with Gasteiger partial charge in [-0.1, -0.05) is 152 Å². The Kier molecular flexibility index (Phi) is 6.70. The number of hydrogen-bond donors (Lipinski definition) is 0. The second kappa shape index (κ2) is 11.9. The van der Waals surface area contributed by atoms with Gasteiger partial charge in [-0.25, -0.2) is 15.0 Å². The molecule has 0 N–H and O–H groups in total. The van der Waals surface area contributed by atoms with E-state index in [2.05, 4.69) is 121 Å². The van der Waals surface area contributed by atoms with Crippen molar-refractivity contribution in [3.05, 3.63) is 204 Å². The molecule has 1 aliphatic heterocycles. The van der Waals surface area contributed by atoms with Gasteiger partial charge in [-0.05, 0) is 57.6 Å². The average molecular weight is 691 g/mol. The van der Waals surface area contributed by atoms with E-state index in [0.29, 0.717) is 17.5 Å². The number of rotatable bonds is 4. The first-order valence-corrected chi connectivity index (χ1v) is 18.1. The lowest BCUT2D eigenvalue weighted by molar-refractivity contribution is 0.436. The lowest BCUT2D eigenvalue weighted by atomic mass is 9.66. The van der Waals surface area contributed by atoms with Gasteiger partial charge in [0.15, 0.2) is 17.5 Å². The van der Waals surface area contributed by atoms with Crippen LogP contribution in [0.5, 0.6) is 11.5 Å². The van der Waals surface area contributed by atoms with Crippen LogP contribution in [0.25, 0.3) is 67.3 Å². The lowest BCUT2D eigenvalue weighted by Gasteiger charge is -2.39. The minimum atomic E-state index is -0.678. The first kappa shape index (κ1) is 30.4. The van der Waals surface area contributed by atoms with Gasteiger partial charge in [0.2, 0.25) is 0 Å². The van der Waals surface area contributed by atoms with Crippen LogP contribution in [0.2, 0.25) is 0 Å². The molecule has 1 spiro atoms. The molecule has 9 aromatic rings. The van der Waals surface area contributed by atoms with E-state index in [4.69, 9.17) is 24.7 Å². The third-order valence-corrected chi connectivity index (χ3v) is 10.9. The fourth-order valence-electron chi connectivity index (χ4n) is 8.67. The summed E-state index contributed by atoms with van der Waals surface area (Å²) in [7, 11) is 0. The van der Waals surface area contributed by atoms with Gasteiger partial charge in [0.1, 0.15) is 11.5 Å². The van der Waals surface area contributed by atoms with Gasteiger partial charge >= 0.3 is 0 Å². The summed E-state index contributed by atoms with van der Waals surface area (Å²) in [6.45, 7) is 0. The zero-order valence-electron chi connectivity index (χ0n) is 29.0. The molecule has 3 heterocycles. The Balaban J connectivity index is 1.29. The molecule has 0 radical (unpaired) electrons. The molecule has 0 unspecified atom stereocenters. The Bertz CT molecular complexity index is 2810. The van der Waals surface area contributed by atoms with Crippen molar-refractivity contribution >= 4 is 10.9 Å². The van der Waals surface area contributed by atoms with Crippen LogP contribution in [0.3, 0.4) is 0 Å². The average Bonchev–Trinajstić information content (AvgIpc) is 3.55. The molecule has 0 fully saturated rings. The van der Waals surface area contributed by atoms with Crippen molar-refractivity contribution in [2.45, 2.75) is 5.41 Å². The number of hydrogen-bond acceptors (Lipinski definition) is 5. The van der Waals surface area contributed by atoms with Crippen molar-refractivity contribution < 1.29 is 4.74 Å². The number of nitrogens with zero attached hydrogens (tertiary/aromatic N) is 4. The molecule has 0 amide bonds. The minimum absolute atomic E-state index is 0.616. The Morgan fingerprint density at radius 2 is 0.870 bits per heavy atom. The summed E-state index contributed by atoms with van der Waals surface area (Å²) < 4.78 is 6.67. The van der Waals surface area contributed by atoms with Gasteiger partial charge in [0.05, 0.1) is 10.9 Å². The number of para-hydroxylation sites is 2. The van der Waals surface area contributed by atoms with Crippen LogP contribution in [-0.4, -0.2) is 19.9 Å². The van der Waals surface area contributed by atoms with E-state index >= 15 is 0 Å². The zero-order chi connectivity index (χ0) is 35.6. The Hall–Kier alpha value is -7.24. The van der Waals surface area contributed by atoms with E-state index in [9.17, 15) is 0 Å². The minimum Gasteiger partial charge on any atom is -0.457 e. The van der Waals surface area contributed by atoms with Crippen LogP contribution in [-0.2, 0) is 5.41 Å². The maximum absolute atomic E-state index is 6.67. The molecule has 2 aromatic heterocycles. The van der Waals surface area contributed by atoms with Crippen molar-refractivity contribution in [1.29, 1.82) is 0 Å². The molecule has 1 aliphatic carbocycles. The quantitative estimate of drug-likeness (QED) is 0.184. The van der Waals surface area contributed by atoms with Gasteiger partial charge in [-0.15, -0.1) is 0 Å². The molecule has 2 aliphatic rings. The first-order valence-electron chi connectivity index (χ1n) is 18.1. The number of ether oxygens (including phenoxy) is 1. The third-order valence-electron chi connectivity index (χ3n) is 10.9. The topological polar surface area (TPSA) is 60.8 Å². The van der Waals surface area contributed by atoms with Crippen LogP contribution >= 0.6 is 0 Å². The highest BCUT2D eigenvalue weighted by atomic mass is 16.5. The van der Waals surface area contributed by atoms with Gasteiger partial charge in [0.25, 0.3) is 0 Å². The van der Waals surface area contributed by atoms with Crippen LogP contribution in [0.4, 0.5) is 0 Å². The van der Waals surface area contributed by atoms with E-state index in [1.165, 1.54) is 5.56 Å². The second-order valence-corrected chi connectivity index (χ2v) is 13.7. The largest absolute Gasteiger partial charge is 0.457 e. The third kappa shape index (κ3) is 4.39. The Morgan fingerprint density at radius 1 is 0.370 bits per heavy atom. The lowest BCUT2D eigenvalue weighted by Crippen LogP contribution is -2.32. The van der Waals surface area contributed by atoms with Crippen LogP contribution < -0.4 is 4.74 Å². The van der Waals surface area contributed by atoms with Crippen LogP contribution in [0.1, 0.15) is 22.3 Å². The summed E-state index contributed by atoms with van der Waals surface area (Å²) in [5, 5.41) is 1.10. The van der Waals surface area contributed by atoms with E-state index in [1.54, 1.807) is 0 Å². The van der Waals surface area contributed by atoms with E-state index in [0.717, 1.165) is 78.0 Å². The van der Waals surface area contributed by atoms with Crippen LogP contribution in [0, 0.1) is 0 Å². The Labute approximate surface area is 312 Å². The summed E-state index contributed by atoms with van der Waals surface area (Å²) >= 11 is 0. The van der Waals surface area contributed by atoms with Gasteiger partial charge in [-0.3, -0.25) is 4.98 Å². The Morgan fingerprint density at radius 3 is 1.52 bits per heavy atom. The van der Waals surface area contributed by atoms with Crippen molar-refractivity contribution in [1.82, 2.24) is 19.9 Å². The highest BCUT2D eigenvalue weighted by Gasteiger charge is 2.52. The molecule has 5 heteroatoms. The van der Waals surface area contributed by atoms with Crippen molar-refractivity contribution in [2.75, 3.05) is 0 Å². The molecular weight excluding hydrogens is 661 g/mol. The predicted molar refractivity (Wildman–Crippen MR) is 214 cm³/mol. The van der Waals surface area contributed by atoms with E-state index < -0.39 is 5.41 Å². The molecule has 0 bridgehead atoms. The highest BCUT2D eigenvalue weighted by molar-refractivity contribution is 6.06. The predicted octanol–water partition coefficient (Wildman–Crippen LogP) is 11.6. The molecule has 7 aromatic carbocycles. The summed E-state index contributed by atoms with van der Waals surface area (Å²) in [5.74, 6) is 3.56. The summed E-state index contributed by atoms with van der Waals surface area (Å²) in [5.41, 5.74) is 12.1. The van der Waals surface area contributed by atoms with Crippen molar-refractivity contribution in [3.63, 3.8) is 0 Å². The summed E-state index contributed by atoms with van der Waals surface area (Å²) in [4.78, 5) is 20.3. The fourth-order valence-corrected chi connectivity index (χ4v) is 8.67.